The van der Waals surface area contributed by atoms with E-state index in [4.69, 9.17) is 9.84 Å². The van der Waals surface area contributed by atoms with E-state index in [9.17, 15) is 14.0 Å². The van der Waals surface area contributed by atoms with Crippen LogP contribution in [-0.4, -0.2) is 23.8 Å². The van der Waals surface area contributed by atoms with Crippen LogP contribution in [-0.2, 0) is 9.53 Å². The first-order valence-electron chi connectivity index (χ1n) is 9.61. The van der Waals surface area contributed by atoms with E-state index in [1.54, 1.807) is 6.07 Å². The molecule has 3 aromatic rings. The van der Waals surface area contributed by atoms with Crippen molar-refractivity contribution in [2.24, 2.45) is 0 Å². The molecule has 0 fully saturated rings. The molecule has 0 aliphatic heterocycles. The summed E-state index contributed by atoms with van der Waals surface area (Å²) < 4.78 is 19.0. The Morgan fingerprint density at radius 1 is 0.967 bits per heavy atom. The summed E-state index contributed by atoms with van der Waals surface area (Å²) in [6.07, 6.45) is -1.12. The monoisotopic (exact) mass is 405 g/mol. The van der Waals surface area contributed by atoms with Gasteiger partial charge in [-0.25, -0.2) is 9.18 Å². The number of carbonyl (C=O) groups excluding carboxylic acids is 1. The largest absolute Gasteiger partial charge is 0.481 e. The molecule has 0 spiro atoms. The average Bonchev–Trinajstić information content (AvgIpc) is 3.05. The van der Waals surface area contributed by atoms with E-state index < -0.39 is 23.9 Å². The minimum absolute atomic E-state index is 0.102. The Bertz CT molecular complexity index is 1050. The van der Waals surface area contributed by atoms with Crippen LogP contribution in [0.5, 0.6) is 0 Å². The lowest BCUT2D eigenvalue weighted by Gasteiger charge is -2.19. The number of rotatable bonds is 6. The topological polar surface area (TPSA) is 75.6 Å². The van der Waals surface area contributed by atoms with Gasteiger partial charge in [-0.1, -0.05) is 60.7 Å². The number of fused-ring (bicyclic) bond motifs is 3. The molecular formula is C24H20FNO4. The summed E-state index contributed by atoms with van der Waals surface area (Å²) in [6, 6.07) is 20.6. The zero-order valence-electron chi connectivity index (χ0n) is 16.0. The van der Waals surface area contributed by atoms with Crippen LogP contribution in [0.1, 0.15) is 35.1 Å². The van der Waals surface area contributed by atoms with Crippen molar-refractivity contribution < 1.29 is 23.8 Å². The maximum Gasteiger partial charge on any atom is 0.407 e. The molecule has 0 saturated carbocycles. The number of halogens is 1. The smallest absolute Gasteiger partial charge is 0.407 e. The number of carbonyl (C=O) groups is 2. The Morgan fingerprint density at radius 2 is 1.60 bits per heavy atom. The summed E-state index contributed by atoms with van der Waals surface area (Å²) in [5.74, 6) is -1.71. The first-order valence-corrected chi connectivity index (χ1v) is 9.61. The van der Waals surface area contributed by atoms with Crippen LogP contribution in [0.15, 0.2) is 72.8 Å². The Balaban J connectivity index is 1.48. The quantitative estimate of drug-likeness (QED) is 0.613. The van der Waals surface area contributed by atoms with Crippen LogP contribution >= 0.6 is 0 Å². The van der Waals surface area contributed by atoms with Crippen LogP contribution in [0, 0.1) is 5.82 Å². The zero-order chi connectivity index (χ0) is 21.1. The predicted octanol–water partition coefficient (Wildman–Crippen LogP) is 4.88. The maximum atomic E-state index is 13.5. The van der Waals surface area contributed by atoms with E-state index in [1.807, 2.05) is 48.5 Å². The van der Waals surface area contributed by atoms with Crippen molar-refractivity contribution in [3.8, 4) is 11.1 Å². The summed E-state index contributed by atoms with van der Waals surface area (Å²) in [4.78, 5) is 23.7. The van der Waals surface area contributed by atoms with Crippen LogP contribution in [0.2, 0.25) is 0 Å². The highest BCUT2D eigenvalue weighted by atomic mass is 19.1. The third-order valence-electron chi connectivity index (χ3n) is 5.27. The molecule has 6 heteroatoms. The number of carboxylic acids is 1. The highest BCUT2D eigenvalue weighted by Gasteiger charge is 2.29. The molecule has 1 atom stereocenters. The van der Waals surface area contributed by atoms with Gasteiger partial charge in [-0.05, 0) is 39.9 Å². The average molecular weight is 405 g/mol. The van der Waals surface area contributed by atoms with Gasteiger partial charge in [0.05, 0.1) is 12.5 Å². The Labute approximate surface area is 173 Å². The van der Waals surface area contributed by atoms with Gasteiger partial charge < -0.3 is 15.2 Å². The van der Waals surface area contributed by atoms with Gasteiger partial charge in [0, 0.05) is 5.92 Å². The van der Waals surface area contributed by atoms with Crippen molar-refractivity contribution in [3.05, 3.63) is 95.3 Å². The molecule has 0 radical (unpaired) electrons. The lowest BCUT2D eigenvalue weighted by atomic mass is 9.98. The molecule has 0 heterocycles. The second kappa shape index (κ2) is 8.37. The van der Waals surface area contributed by atoms with Gasteiger partial charge in [-0.2, -0.15) is 0 Å². The fraction of sp³-hybridized carbons (Fsp3) is 0.167. The Hall–Kier alpha value is -3.67. The number of carboxylic acid groups (broad SMARTS) is 1. The highest BCUT2D eigenvalue weighted by Crippen LogP contribution is 2.44. The van der Waals surface area contributed by atoms with E-state index in [0.717, 1.165) is 22.3 Å². The minimum atomic E-state index is -1.11. The number of ether oxygens (including phenoxy) is 1. The van der Waals surface area contributed by atoms with E-state index in [0.29, 0.717) is 5.56 Å². The molecule has 0 aromatic heterocycles. The number of hydrogen-bond acceptors (Lipinski definition) is 3. The van der Waals surface area contributed by atoms with Crippen molar-refractivity contribution in [2.45, 2.75) is 18.4 Å². The van der Waals surface area contributed by atoms with E-state index >= 15 is 0 Å². The van der Waals surface area contributed by atoms with Gasteiger partial charge in [-0.3, -0.25) is 4.79 Å². The van der Waals surface area contributed by atoms with Crippen molar-refractivity contribution in [1.29, 1.82) is 0 Å². The lowest BCUT2D eigenvalue weighted by Crippen LogP contribution is -2.31. The standard InChI is InChI=1S/C24H20FNO4/c25-16-7-5-6-15(12-16)22(13-23(27)28)26-24(29)30-14-21-19-10-3-1-8-17(19)18-9-2-4-11-20(18)21/h1-12,21-22H,13-14H2,(H,26,29)(H,27,28)/t22-/m0/s1. The maximum absolute atomic E-state index is 13.5. The molecule has 4 rings (SSSR count). The van der Waals surface area contributed by atoms with E-state index in [1.165, 1.54) is 18.2 Å². The molecule has 30 heavy (non-hydrogen) atoms. The summed E-state index contributed by atoms with van der Waals surface area (Å²) in [5, 5.41) is 11.7. The predicted molar refractivity (Wildman–Crippen MR) is 110 cm³/mol. The summed E-state index contributed by atoms with van der Waals surface area (Å²) >= 11 is 0. The molecular weight excluding hydrogens is 385 g/mol. The summed E-state index contributed by atoms with van der Waals surface area (Å²) in [6.45, 7) is 0.114. The van der Waals surface area contributed by atoms with Crippen molar-refractivity contribution >= 4 is 12.1 Å². The molecule has 1 aliphatic rings. The van der Waals surface area contributed by atoms with Gasteiger partial charge in [-0.15, -0.1) is 0 Å². The molecule has 5 nitrogen and oxygen atoms in total. The fourth-order valence-corrected chi connectivity index (χ4v) is 3.93. The van der Waals surface area contributed by atoms with E-state index in [-0.39, 0.29) is 18.9 Å². The fourth-order valence-electron chi connectivity index (χ4n) is 3.93. The second-order valence-corrected chi connectivity index (χ2v) is 7.18. The van der Waals surface area contributed by atoms with Crippen LogP contribution in [0.25, 0.3) is 11.1 Å². The van der Waals surface area contributed by atoms with Gasteiger partial charge in [0.1, 0.15) is 12.4 Å². The normalized spacial score (nSPS) is 13.2. The van der Waals surface area contributed by atoms with Crippen LogP contribution in [0.3, 0.4) is 0 Å². The van der Waals surface area contributed by atoms with Gasteiger partial charge in [0.15, 0.2) is 0 Å². The number of alkyl carbamates (subject to hydrolysis) is 1. The van der Waals surface area contributed by atoms with E-state index in [2.05, 4.69) is 5.32 Å². The number of nitrogens with one attached hydrogen (secondary N) is 1. The lowest BCUT2D eigenvalue weighted by molar-refractivity contribution is -0.137. The third-order valence-corrected chi connectivity index (χ3v) is 5.27. The van der Waals surface area contributed by atoms with Crippen molar-refractivity contribution in [1.82, 2.24) is 5.32 Å². The van der Waals surface area contributed by atoms with Crippen LogP contribution < -0.4 is 5.32 Å². The van der Waals surface area contributed by atoms with Crippen LogP contribution in [0.4, 0.5) is 9.18 Å². The second-order valence-electron chi connectivity index (χ2n) is 7.18. The molecule has 0 bridgehead atoms. The number of hydrogen-bond donors (Lipinski definition) is 2. The molecule has 1 aliphatic carbocycles. The minimum Gasteiger partial charge on any atom is -0.481 e. The Morgan fingerprint density at radius 3 is 2.20 bits per heavy atom. The SMILES string of the molecule is O=C(O)C[C@H](NC(=O)OCC1c2ccccc2-c2ccccc21)c1cccc(F)c1. The highest BCUT2D eigenvalue weighted by molar-refractivity contribution is 5.79. The zero-order valence-corrected chi connectivity index (χ0v) is 16.0. The van der Waals surface area contributed by atoms with Gasteiger partial charge in [0.25, 0.3) is 0 Å². The van der Waals surface area contributed by atoms with Crippen molar-refractivity contribution in [3.63, 3.8) is 0 Å². The molecule has 152 valence electrons. The first kappa shape index (κ1) is 19.6. The van der Waals surface area contributed by atoms with Gasteiger partial charge >= 0.3 is 12.1 Å². The molecule has 1 amide bonds. The Kier molecular flexibility index (Phi) is 5.48. The number of amides is 1. The summed E-state index contributed by atoms with van der Waals surface area (Å²) in [5.41, 5.74) is 4.76. The molecule has 0 unspecified atom stereocenters. The third kappa shape index (κ3) is 4.03. The number of benzene rings is 3. The molecule has 0 saturated heterocycles. The first-order chi connectivity index (χ1) is 14.5. The van der Waals surface area contributed by atoms with Crippen molar-refractivity contribution in [2.75, 3.05) is 6.61 Å². The molecule has 3 aromatic carbocycles. The number of aliphatic carboxylic acids is 1. The molecule has 2 N–H and O–H groups in total. The summed E-state index contributed by atoms with van der Waals surface area (Å²) in [7, 11) is 0. The van der Waals surface area contributed by atoms with Gasteiger partial charge in [0.2, 0.25) is 0 Å².